The van der Waals surface area contributed by atoms with Gasteiger partial charge in [0, 0.05) is 31.4 Å². The van der Waals surface area contributed by atoms with Crippen molar-refractivity contribution in [1.29, 1.82) is 0 Å². The Bertz CT molecular complexity index is 617. The van der Waals surface area contributed by atoms with E-state index in [9.17, 15) is 14.9 Å². The molecule has 0 spiro atoms. The van der Waals surface area contributed by atoms with Crippen LogP contribution in [0.15, 0.2) is 18.2 Å². The molecule has 23 heavy (non-hydrogen) atoms. The van der Waals surface area contributed by atoms with Crippen LogP contribution in [0.25, 0.3) is 0 Å². The fourth-order valence-electron chi connectivity index (χ4n) is 3.54. The third-order valence-electron chi connectivity index (χ3n) is 4.71. The normalized spacial score (nSPS) is 24.0. The molecule has 1 aliphatic heterocycles. The molecule has 2 atom stereocenters. The number of amides is 1. The first-order chi connectivity index (χ1) is 11.1. The van der Waals surface area contributed by atoms with Crippen LogP contribution in [-0.4, -0.2) is 48.1 Å². The number of hydrogen-bond acceptors (Lipinski definition) is 5. The zero-order valence-electron chi connectivity index (χ0n) is 13.2. The fourth-order valence-corrected chi connectivity index (χ4v) is 3.54. The molecule has 2 aliphatic rings. The second-order valence-electron chi connectivity index (χ2n) is 6.00. The molecule has 1 aliphatic carbocycles. The molecule has 1 saturated heterocycles. The number of carbonyl (C=O) groups excluding carboxylic acids is 1. The molecule has 1 heterocycles. The number of anilines is 1. The molecule has 0 aromatic heterocycles. The topological polar surface area (TPSA) is 84.7 Å². The van der Waals surface area contributed by atoms with Crippen molar-refractivity contribution >= 4 is 17.3 Å². The number of carbonyl (C=O) groups is 1. The van der Waals surface area contributed by atoms with E-state index in [4.69, 9.17) is 4.74 Å². The zero-order chi connectivity index (χ0) is 16.4. The molecule has 2 unspecified atom stereocenters. The predicted molar refractivity (Wildman–Crippen MR) is 85.7 cm³/mol. The van der Waals surface area contributed by atoms with E-state index >= 15 is 0 Å². The molecule has 2 fully saturated rings. The molecule has 1 amide bonds. The number of nitro benzene ring substituents is 1. The molecule has 1 aromatic rings. The lowest BCUT2D eigenvalue weighted by molar-refractivity contribution is -0.384. The lowest BCUT2D eigenvalue weighted by Crippen LogP contribution is -2.54. The third kappa shape index (κ3) is 3.01. The molecular weight excluding hydrogens is 298 g/mol. The van der Waals surface area contributed by atoms with Crippen LogP contribution in [0.2, 0.25) is 0 Å². The number of hydrogen-bond donors (Lipinski definition) is 1. The van der Waals surface area contributed by atoms with Gasteiger partial charge < -0.3 is 15.0 Å². The maximum atomic E-state index is 13.0. The highest BCUT2D eigenvalue weighted by atomic mass is 16.6. The number of nitrogens with one attached hydrogen (secondary N) is 1. The number of nitrogens with zero attached hydrogens (tertiary/aromatic N) is 2. The van der Waals surface area contributed by atoms with Crippen molar-refractivity contribution in [2.45, 2.75) is 37.8 Å². The molecule has 124 valence electrons. The second-order valence-corrected chi connectivity index (χ2v) is 6.00. The highest BCUT2D eigenvalue weighted by Gasteiger charge is 2.37. The van der Waals surface area contributed by atoms with Gasteiger partial charge in [0.25, 0.3) is 11.6 Å². The van der Waals surface area contributed by atoms with E-state index in [0.29, 0.717) is 24.4 Å². The predicted octanol–water partition coefficient (Wildman–Crippen LogP) is 2.42. The van der Waals surface area contributed by atoms with E-state index in [2.05, 4.69) is 5.32 Å². The second kappa shape index (κ2) is 6.54. The summed E-state index contributed by atoms with van der Waals surface area (Å²) in [4.78, 5) is 25.4. The van der Waals surface area contributed by atoms with Gasteiger partial charge in [0.15, 0.2) is 0 Å². The average Bonchev–Trinajstić information content (AvgIpc) is 2.60. The highest BCUT2D eigenvalue weighted by molar-refractivity contribution is 6.00. The summed E-state index contributed by atoms with van der Waals surface area (Å²) in [7, 11) is 1.71. The lowest BCUT2D eigenvalue weighted by Gasteiger charge is -2.43. The summed E-state index contributed by atoms with van der Waals surface area (Å²) in [5.41, 5.74) is 0.896. The first-order valence-corrected chi connectivity index (χ1v) is 8.00. The minimum atomic E-state index is -0.473. The van der Waals surface area contributed by atoms with Crippen molar-refractivity contribution in [3.8, 4) is 0 Å². The molecular formula is C16H21N3O4. The number of rotatable bonds is 3. The Morgan fingerprint density at radius 1 is 1.39 bits per heavy atom. The van der Waals surface area contributed by atoms with Gasteiger partial charge in [0.2, 0.25) is 0 Å². The van der Waals surface area contributed by atoms with E-state index in [0.717, 1.165) is 25.7 Å². The fraction of sp³-hybridized carbons (Fsp3) is 0.562. The van der Waals surface area contributed by atoms with E-state index in [-0.39, 0.29) is 23.7 Å². The van der Waals surface area contributed by atoms with Gasteiger partial charge in [-0.2, -0.15) is 0 Å². The van der Waals surface area contributed by atoms with Crippen molar-refractivity contribution in [3.63, 3.8) is 0 Å². The Kier molecular flexibility index (Phi) is 4.47. The van der Waals surface area contributed by atoms with Crippen LogP contribution in [0.1, 0.15) is 36.0 Å². The largest absolute Gasteiger partial charge is 0.387 e. The Balaban J connectivity index is 1.92. The molecule has 7 heteroatoms. The number of nitro groups is 1. The van der Waals surface area contributed by atoms with Crippen LogP contribution in [0.3, 0.4) is 0 Å². The monoisotopic (exact) mass is 319 g/mol. The summed E-state index contributed by atoms with van der Waals surface area (Å²) < 4.78 is 5.80. The highest BCUT2D eigenvalue weighted by Crippen LogP contribution is 2.31. The summed E-state index contributed by atoms with van der Waals surface area (Å²) in [6.45, 7) is 1.06. The minimum absolute atomic E-state index is 0.0687. The van der Waals surface area contributed by atoms with Crippen molar-refractivity contribution in [3.05, 3.63) is 33.9 Å². The summed E-state index contributed by atoms with van der Waals surface area (Å²) in [6, 6.07) is 4.44. The van der Waals surface area contributed by atoms with Crippen molar-refractivity contribution < 1.29 is 14.5 Å². The van der Waals surface area contributed by atoms with Gasteiger partial charge >= 0.3 is 0 Å². The van der Waals surface area contributed by atoms with Crippen LogP contribution in [0.4, 0.5) is 11.4 Å². The first-order valence-electron chi connectivity index (χ1n) is 8.00. The van der Waals surface area contributed by atoms with Crippen LogP contribution < -0.4 is 5.32 Å². The molecule has 0 radical (unpaired) electrons. The SMILES string of the molecule is CNc1ccc([N+](=O)[O-])cc1C(=O)N1CCOC2CCCCC21. The quantitative estimate of drug-likeness (QED) is 0.683. The van der Waals surface area contributed by atoms with Crippen LogP contribution in [0.5, 0.6) is 0 Å². The lowest BCUT2D eigenvalue weighted by atomic mass is 9.89. The average molecular weight is 319 g/mol. The summed E-state index contributed by atoms with van der Waals surface area (Å²) in [6.07, 6.45) is 4.21. The van der Waals surface area contributed by atoms with Gasteiger partial charge in [-0.05, 0) is 18.9 Å². The van der Waals surface area contributed by atoms with Crippen LogP contribution >= 0.6 is 0 Å². The Labute approximate surface area is 134 Å². The van der Waals surface area contributed by atoms with Crippen LogP contribution in [-0.2, 0) is 4.74 Å². The van der Waals surface area contributed by atoms with Crippen molar-refractivity contribution in [1.82, 2.24) is 4.90 Å². The molecule has 1 aromatic carbocycles. The first kappa shape index (κ1) is 15.7. The summed E-state index contributed by atoms with van der Waals surface area (Å²) in [5.74, 6) is -0.154. The Morgan fingerprint density at radius 2 is 2.17 bits per heavy atom. The molecule has 1 saturated carbocycles. The van der Waals surface area contributed by atoms with Gasteiger partial charge in [-0.25, -0.2) is 0 Å². The zero-order valence-corrected chi connectivity index (χ0v) is 13.2. The maximum absolute atomic E-state index is 13.0. The van der Waals surface area contributed by atoms with Gasteiger partial charge in [-0.15, -0.1) is 0 Å². The molecule has 0 bridgehead atoms. The number of non-ortho nitro benzene ring substituents is 1. The number of ether oxygens (including phenoxy) is 1. The Hall–Kier alpha value is -2.15. The summed E-state index contributed by atoms with van der Waals surface area (Å²) in [5, 5.41) is 14.0. The number of morpholine rings is 1. The Morgan fingerprint density at radius 3 is 2.91 bits per heavy atom. The maximum Gasteiger partial charge on any atom is 0.270 e. The van der Waals surface area contributed by atoms with Crippen molar-refractivity contribution in [2.75, 3.05) is 25.5 Å². The minimum Gasteiger partial charge on any atom is -0.387 e. The third-order valence-corrected chi connectivity index (χ3v) is 4.71. The summed E-state index contributed by atoms with van der Waals surface area (Å²) >= 11 is 0. The van der Waals surface area contributed by atoms with E-state index in [1.807, 2.05) is 4.90 Å². The molecule has 3 rings (SSSR count). The molecule has 1 N–H and O–H groups in total. The number of fused-ring (bicyclic) bond motifs is 1. The van der Waals surface area contributed by atoms with E-state index in [1.54, 1.807) is 13.1 Å². The number of benzene rings is 1. The van der Waals surface area contributed by atoms with E-state index < -0.39 is 4.92 Å². The van der Waals surface area contributed by atoms with E-state index in [1.165, 1.54) is 12.1 Å². The van der Waals surface area contributed by atoms with Crippen molar-refractivity contribution in [2.24, 2.45) is 0 Å². The van der Waals surface area contributed by atoms with Crippen LogP contribution in [0, 0.1) is 10.1 Å². The van der Waals surface area contributed by atoms with Gasteiger partial charge in [0.1, 0.15) is 0 Å². The van der Waals surface area contributed by atoms with Gasteiger partial charge in [-0.3, -0.25) is 14.9 Å². The van der Waals surface area contributed by atoms with Gasteiger partial charge in [-0.1, -0.05) is 12.8 Å². The smallest absolute Gasteiger partial charge is 0.270 e. The van der Waals surface area contributed by atoms with Gasteiger partial charge in [0.05, 0.1) is 29.2 Å². The molecule has 7 nitrogen and oxygen atoms in total. The standard InChI is InChI=1S/C16H21N3O4/c1-17-13-7-6-11(19(21)22)10-12(13)16(20)18-8-9-23-15-5-3-2-4-14(15)18/h6-7,10,14-15,17H,2-5,8-9H2,1H3.